The van der Waals surface area contributed by atoms with Crippen LogP contribution in [0.3, 0.4) is 0 Å². The standard InChI is InChI=1S/C15H17ClFN3OS/c1-9-10(2)22-15(18-9)19-14(21)8-20(3)7-11-12(16)5-4-6-13(11)17/h4-6H,7-8H2,1-3H3,(H,18,19,21). The predicted molar refractivity (Wildman–Crippen MR) is 88.0 cm³/mol. The maximum Gasteiger partial charge on any atom is 0.240 e. The average molecular weight is 342 g/mol. The summed E-state index contributed by atoms with van der Waals surface area (Å²) >= 11 is 7.42. The number of benzene rings is 1. The Bertz CT molecular complexity index is 650. The molecule has 0 atom stereocenters. The molecule has 1 heterocycles. The van der Waals surface area contributed by atoms with E-state index in [1.54, 1.807) is 24.1 Å². The number of hydrogen-bond donors (Lipinski definition) is 1. The lowest BCUT2D eigenvalue weighted by atomic mass is 10.2. The molecule has 2 aromatic rings. The Balaban J connectivity index is 1.94. The molecule has 7 heteroatoms. The van der Waals surface area contributed by atoms with Crippen LogP contribution in [-0.2, 0) is 11.3 Å². The van der Waals surface area contributed by atoms with E-state index in [9.17, 15) is 9.18 Å². The van der Waals surface area contributed by atoms with Crippen LogP contribution in [-0.4, -0.2) is 29.4 Å². The number of rotatable bonds is 5. The molecule has 0 aliphatic carbocycles. The number of thiazole rings is 1. The third kappa shape index (κ3) is 4.25. The highest BCUT2D eigenvalue weighted by molar-refractivity contribution is 7.15. The zero-order valence-corrected chi connectivity index (χ0v) is 14.2. The molecule has 0 saturated heterocycles. The lowest BCUT2D eigenvalue weighted by Gasteiger charge is -2.17. The van der Waals surface area contributed by atoms with Crippen molar-refractivity contribution >= 4 is 34.0 Å². The van der Waals surface area contributed by atoms with Gasteiger partial charge in [0.1, 0.15) is 5.82 Å². The molecular weight excluding hydrogens is 325 g/mol. The Morgan fingerprint density at radius 3 is 2.77 bits per heavy atom. The van der Waals surface area contributed by atoms with Gasteiger partial charge in [0.05, 0.1) is 12.2 Å². The van der Waals surface area contributed by atoms with Crippen LogP contribution < -0.4 is 5.32 Å². The van der Waals surface area contributed by atoms with Crippen LogP contribution in [0, 0.1) is 19.7 Å². The number of nitrogens with zero attached hydrogens (tertiary/aromatic N) is 2. The largest absolute Gasteiger partial charge is 0.301 e. The van der Waals surface area contributed by atoms with Crippen LogP contribution in [0.1, 0.15) is 16.1 Å². The molecular formula is C15H17ClFN3OS. The Kier molecular flexibility index (Phi) is 5.50. The Morgan fingerprint density at radius 2 is 2.18 bits per heavy atom. The van der Waals surface area contributed by atoms with Gasteiger partial charge >= 0.3 is 0 Å². The summed E-state index contributed by atoms with van der Waals surface area (Å²) in [6.07, 6.45) is 0. The van der Waals surface area contributed by atoms with Gasteiger partial charge in [-0.2, -0.15) is 0 Å². The number of carbonyl (C=O) groups excluding carboxylic acids is 1. The number of likely N-dealkylation sites (N-methyl/N-ethyl adjacent to an activating group) is 1. The van der Waals surface area contributed by atoms with Gasteiger partial charge in [0.25, 0.3) is 0 Å². The summed E-state index contributed by atoms with van der Waals surface area (Å²) in [5.41, 5.74) is 1.30. The van der Waals surface area contributed by atoms with Crippen LogP contribution in [0.5, 0.6) is 0 Å². The Labute approximate surface area is 137 Å². The summed E-state index contributed by atoms with van der Waals surface area (Å²) < 4.78 is 13.7. The van der Waals surface area contributed by atoms with Crippen molar-refractivity contribution in [2.24, 2.45) is 0 Å². The number of halogens is 2. The molecule has 0 aliphatic heterocycles. The fourth-order valence-corrected chi connectivity index (χ4v) is 2.99. The molecule has 0 spiro atoms. The minimum absolute atomic E-state index is 0.127. The van der Waals surface area contributed by atoms with Gasteiger partial charge in [-0.05, 0) is 33.0 Å². The van der Waals surface area contributed by atoms with Crippen molar-refractivity contribution in [2.45, 2.75) is 20.4 Å². The number of anilines is 1. The van der Waals surface area contributed by atoms with Gasteiger partial charge in [-0.3, -0.25) is 9.69 Å². The molecule has 0 radical (unpaired) electrons. The zero-order valence-electron chi connectivity index (χ0n) is 12.6. The van der Waals surface area contributed by atoms with E-state index in [0.717, 1.165) is 10.6 Å². The van der Waals surface area contributed by atoms with Crippen molar-refractivity contribution in [1.29, 1.82) is 0 Å². The third-order valence-electron chi connectivity index (χ3n) is 3.18. The Morgan fingerprint density at radius 1 is 1.45 bits per heavy atom. The van der Waals surface area contributed by atoms with Crippen LogP contribution in [0.4, 0.5) is 9.52 Å². The Hall–Kier alpha value is -1.50. The quantitative estimate of drug-likeness (QED) is 0.903. The molecule has 0 bridgehead atoms. The number of nitrogens with one attached hydrogen (secondary N) is 1. The molecule has 0 unspecified atom stereocenters. The normalized spacial score (nSPS) is 11.0. The number of aromatic nitrogens is 1. The second kappa shape index (κ2) is 7.17. The minimum Gasteiger partial charge on any atom is -0.301 e. The molecule has 22 heavy (non-hydrogen) atoms. The van der Waals surface area contributed by atoms with Crippen molar-refractivity contribution in [2.75, 3.05) is 18.9 Å². The summed E-state index contributed by atoms with van der Waals surface area (Å²) in [5.74, 6) is -0.561. The van der Waals surface area contributed by atoms with Gasteiger partial charge in [0.15, 0.2) is 5.13 Å². The monoisotopic (exact) mass is 341 g/mol. The first kappa shape index (κ1) is 16.9. The van der Waals surface area contributed by atoms with Crippen LogP contribution in [0.15, 0.2) is 18.2 Å². The van der Waals surface area contributed by atoms with E-state index < -0.39 is 0 Å². The van der Waals surface area contributed by atoms with Crippen molar-refractivity contribution in [1.82, 2.24) is 9.88 Å². The van der Waals surface area contributed by atoms with Crippen LogP contribution >= 0.6 is 22.9 Å². The molecule has 1 aromatic carbocycles. The predicted octanol–water partition coefficient (Wildman–Crippen LogP) is 3.62. The van der Waals surface area contributed by atoms with E-state index in [0.29, 0.717) is 15.7 Å². The van der Waals surface area contributed by atoms with Crippen molar-refractivity contribution < 1.29 is 9.18 Å². The van der Waals surface area contributed by atoms with E-state index in [4.69, 9.17) is 11.6 Å². The number of carbonyl (C=O) groups is 1. The highest BCUT2D eigenvalue weighted by atomic mass is 35.5. The van der Waals surface area contributed by atoms with E-state index in [1.807, 2.05) is 13.8 Å². The van der Waals surface area contributed by atoms with Crippen LogP contribution in [0.2, 0.25) is 5.02 Å². The molecule has 4 nitrogen and oxygen atoms in total. The lowest BCUT2D eigenvalue weighted by Crippen LogP contribution is -2.30. The summed E-state index contributed by atoms with van der Waals surface area (Å²) in [5, 5.41) is 3.69. The molecule has 1 aromatic heterocycles. The summed E-state index contributed by atoms with van der Waals surface area (Å²) in [6.45, 7) is 4.24. The highest BCUT2D eigenvalue weighted by Gasteiger charge is 2.14. The van der Waals surface area contributed by atoms with E-state index in [-0.39, 0.29) is 24.8 Å². The first-order valence-corrected chi connectivity index (χ1v) is 7.91. The maximum absolute atomic E-state index is 13.7. The second-order valence-electron chi connectivity index (χ2n) is 5.08. The van der Waals surface area contributed by atoms with E-state index >= 15 is 0 Å². The van der Waals surface area contributed by atoms with Gasteiger partial charge in [0.2, 0.25) is 5.91 Å². The molecule has 118 valence electrons. The fraction of sp³-hybridized carbons (Fsp3) is 0.333. The first-order valence-electron chi connectivity index (χ1n) is 6.72. The lowest BCUT2D eigenvalue weighted by molar-refractivity contribution is -0.117. The maximum atomic E-state index is 13.7. The van der Waals surface area contributed by atoms with Gasteiger partial charge in [-0.1, -0.05) is 17.7 Å². The summed E-state index contributed by atoms with van der Waals surface area (Å²) in [6, 6.07) is 4.55. The zero-order chi connectivity index (χ0) is 16.3. The SMILES string of the molecule is Cc1nc(NC(=O)CN(C)Cc2c(F)cccc2Cl)sc1C. The number of hydrogen-bond acceptors (Lipinski definition) is 4. The van der Waals surface area contributed by atoms with Gasteiger partial charge in [-0.25, -0.2) is 9.37 Å². The third-order valence-corrected chi connectivity index (χ3v) is 4.52. The smallest absolute Gasteiger partial charge is 0.240 e. The average Bonchev–Trinajstić information content (AvgIpc) is 2.72. The number of aryl methyl sites for hydroxylation is 2. The molecule has 0 aliphatic rings. The van der Waals surface area contributed by atoms with E-state index in [1.165, 1.54) is 17.4 Å². The van der Waals surface area contributed by atoms with Crippen molar-refractivity contribution in [3.8, 4) is 0 Å². The molecule has 1 amide bonds. The van der Waals surface area contributed by atoms with E-state index in [2.05, 4.69) is 10.3 Å². The number of amides is 1. The molecule has 2 rings (SSSR count). The highest BCUT2D eigenvalue weighted by Crippen LogP contribution is 2.22. The van der Waals surface area contributed by atoms with Gasteiger partial charge < -0.3 is 5.32 Å². The summed E-state index contributed by atoms with van der Waals surface area (Å²) in [4.78, 5) is 19.0. The fourth-order valence-electron chi connectivity index (χ4n) is 1.94. The summed E-state index contributed by atoms with van der Waals surface area (Å²) in [7, 11) is 1.74. The van der Waals surface area contributed by atoms with Crippen molar-refractivity contribution in [3.63, 3.8) is 0 Å². The van der Waals surface area contributed by atoms with Gasteiger partial charge in [-0.15, -0.1) is 11.3 Å². The molecule has 0 saturated carbocycles. The van der Waals surface area contributed by atoms with Crippen molar-refractivity contribution in [3.05, 3.63) is 45.2 Å². The minimum atomic E-state index is -0.370. The molecule has 0 fully saturated rings. The first-order chi connectivity index (χ1) is 10.4. The topological polar surface area (TPSA) is 45.2 Å². The van der Waals surface area contributed by atoms with Gasteiger partial charge in [0, 0.05) is 22.0 Å². The molecule has 1 N–H and O–H groups in total. The second-order valence-corrected chi connectivity index (χ2v) is 6.69. The van der Waals surface area contributed by atoms with Crippen LogP contribution in [0.25, 0.3) is 0 Å².